The van der Waals surface area contributed by atoms with Crippen LogP contribution in [-0.4, -0.2) is 37.3 Å². The third-order valence-corrected chi connectivity index (χ3v) is 2.64. The Morgan fingerprint density at radius 2 is 2.05 bits per heavy atom. The quantitative estimate of drug-likeness (QED) is 0.719. The molecule has 0 bridgehead atoms. The number of carboxylic acids is 1. The molecule has 1 aromatic rings. The number of benzene rings is 1. The van der Waals surface area contributed by atoms with Crippen molar-refractivity contribution in [3.63, 3.8) is 0 Å². The Balaban J connectivity index is 2.70. The SMILES string of the molecule is COCCOc1c(Cl)cccc1NC(=O)CCC(=O)O. The fourth-order valence-electron chi connectivity index (χ4n) is 1.41. The second kappa shape index (κ2) is 8.39. The number of carboxylic acid groups (broad SMARTS) is 1. The van der Waals surface area contributed by atoms with E-state index in [4.69, 9.17) is 26.2 Å². The normalized spacial score (nSPS) is 10.1. The van der Waals surface area contributed by atoms with Crippen LogP contribution in [0, 0.1) is 0 Å². The van der Waals surface area contributed by atoms with E-state index in [9.17, 15) is 9.59 Å². The number of para-hydroxylation sites is 1. The molecular weight excluding hydrogens is 286 g/mol. The lowest BCUT2D eigenvalue weighted by molar-refractivity contribution is -0.138. The zero-order valence-electron chi connectivity index (χ0n) is 11.0. The first-order valence-electron chi connectivity index (χ1n) is 5.96. The van der Waals surface area contributed by atoms with Crippen molar-refractivity contribution in [3.05, 3.63) is 23.2 Å². The summed E-state index contributed by atoms with van der Waals surface area (Å²) in [5, 5.41) is 11.5. The first kappa shape index (κ1) is 16.3. The third-order valence-electron chi connectivity index (χ3n) is 2.34. The molecule has 0 aliphatic carbocycles. The summed E-state index contributed by atoms with van der Waals surface area (Å²) in [5.41, 5.74) is 0.406. The molecule has 0 spiro atoms. The van der Waals surface area contributed by atoms with Gasteiger partial charge in [0.2, 0.25) is 5.91 Å². The average molecular weight is 302 g/mol. The van der Waals surface area contributed by atoms with E-state index in [0.29, 0.717) is 23.1 Å². The predicted molar refractivity (Wildman–Crippen MR) is 74.3 cm³/mol. The van der Waals surface area contributed by atoms with Crippen LogP contribution in [0.4, 0.5) is 5.69 Å². The van der Waals surface area contributed by atoms with Crippen molar-refractivity contribution < 1.29 is 24.2 Å². The molecule has 0 heterocycles. The van der Waals surface area contributed by atoms with Crippen LogP contribution < -0.4 is 10.1 Å². The summed E-state index contributed by atoms with van der Waals surface area (Å²) in [6.45, 7) is 0.676. The van der Waals surface area contributed by atoms with Crippen molar-refractivity contribution >= 4 is 29.2 Å². The first-order valence-corrected chi connectivity index (χ1v) is 6.34. The van der Waals surface area contributed by atoms with E-state index >= 15 is 0 Å². The largest absolute Gasteiger partial charge is 0.487 e. The van der Waals surface area contributed by atoms with Crippen LogP contribution >= 0.6 is 11.6 Å². The van der Waals surface area contributed by atoms with Crippen LogP contribution in [0.3, 0.4) is 0 Å². The van der Waals surface area contributed by atoms with Gasteiger partial charge in [-0.2, -0.15) is 0 Å². The second-order valence-electron chi connectivity index (χ2n) is 3.90. The van der Waals surface area contributed by atoms with E-state index in [1.54, 1.807) is 25.3 Å². The minimum Gasteiger partial charge on any atom is -0.487 e. The van der Waals surface area contributed by atoms with Crippen molar-refractivity contribution in [1.82, 2.24) is 0 Å². The number of hydrogen-bond acceptors (Lipinski definition) is 4. The summed E-state index contributed by atoms with van der Waals surface area (Å²) in [4.78, 5) is 22.0. The number of amides is 1. The van der Waals surface area contributed by atoms with Crippen LogP contribution in [0.25, 0.3) is 0 Å². The van der Waals surface area contributed by atoms with Crippen LogP contribution in [0.15, 0.2) is 18.2 Å². The number of hydrogen-bond donors (Lipinski definition) is 2. The molecular formula is C13H16ClNO5. The van der Waals surface area contributed by atoms with Crippen molar-refractivity contribution in [1.29, 1.82) is 0 Å². The number of ether oxygens (including phenoxy) is 2. The van der Waals surface area contributed by atoms with Gasteiger partial charge in [0.05, 0.1) is 23.7 Å². The molecule has 2 N–H and O–H groups in total. The molecule has 7 heteroatoms. The average Bonchev–Trinajstić information content (AvgIpc) is 2.39. The van der Waals surface area contributed by atoms with Crippen molar-refractivity contribution in [3.8, 4) is 5.75 Å². The summed E-state index contributed by atoms with van der Waals surface area (Å²) in [5.74, 6) is -1.09. The zero-order valence-corrected chi connectivity index (χ0v) is 11.8. The van der Waals surface area contributed by atoms with Gasteiger partial charge in [-0.3, -0.25) is 9.59 Å². The Bertz CT molecular complexity index is 478. The highest BCUT2D eigenvalue weighted by Gasteiger charge is 2.12. The minimum absolute atomic E-state index is 0.112. The lowest BCUT2D eigenvalue weighted by Gasteiger charge is -2.13. The van der Waals surface area contributed by atoms with Gasteiger partial charge in [-0.25, -0.2) is 0 Å². The van der Waals surface area contributed by atoms with Gasteiger partial charge in [-0.1, -0.05) is 17.7 Å². The third kappa shape index (κ3) is 5.46. The van der Waals surface area contributed by atoms with Gasteiger partial charge in [0.15, 0.2) is 5.75 Å². The number of carbonyl (C=O) groups is 2. The maximum Gasteiger partial charge on any atom is 0.303 e. The molecule has 20 heavy (non-hydrogen) atoms. The summed E-state index contributed by atoms with van der Waals surface area (Å²) in [7, 11) is 1.55. The molecule has 1 rings (SSSR count). The second-order valence-corrected chi connectivity index (χ2v) is 4.31. The van der Waals surface area contributed by atoms with E-state index in [2.05, 4.69) is 5.32 Å². The summed E-state index contributed by atoms with van der Waals surface area (Å²) in [6, 6.07) is 4.93. The molecule has 0 saturated carbocycles. The molecule has 0 saturated heterocycles. The van der Waals surface area contributed by atoms with Crippen LogP contribution in [0.5, 0.6) is 5.75 Å². The number of nitrogens with one attached hydrogen (secondary N) is 1. The van der Waals surface area contributed by atoms with Crippen molar-refractivity contribution in [2.45, 2.75) is 12.8 Å². The molecule has 0 atom stereocenters. The first-order chi connectivity index (χ1) is 9.54. The highest BCUT2D eigenvalue weighted by Crippen LogP contribution is 2.32. The van der Waals surface area contributed by atoms with Crippen LogP contribution in [0.2, 0.25) is 5.02 Å². The highest BCUT2D eigenvalue weighted by molar-refractivity contribution is 6.32. The maximum atomic E-state index is 11.6. The molecule has 6 nitrogen and oxygen atoms in total. The summed E-state index contributed by atoms with van der Waals surface area (Å²) >= 11 is 6.01. The van der Waals surface area contributed by atoms with Crippen molar-refractivity contribution in [2.75, 3.05) is 25.6 Å². The van der Waals surface area contributed by atoms with Gasteiger partial charge in [0, 0.05) is 13.5 Å². The highest BCUT2D eigenvalue weighted by atomic mass is 35.5. The minimum atomic E-state index is -1.03. The van der Waals surface area contributed by atoms with Gasteiger partial charge in [0.25, 0.3) is 0 Å². The zero-order chi connectivity index (χ0) is 15.0. The molecule has 0 radical (unpaired) electrons. The predicted octanol–water partition coefficient (Wildman–Crippen LogP) is 2.17. The molecule has 110 valence electrons. The fourth-order valence-corrected chi connectivity index (χ4v) is 1.64. The summed E-state index contributed by atoms with van der Waals surface area (Å²) in [6.07, 6.45) is -0.342. The molecule has 0 aromatic heterocycles. The van der Waals surface area contributed by atoms with Gasteiger partial charge < -0.3 is 19.9 Å². The number of halogens is 1. The Morgan fingerprint density at radius 3 is 2.70 bits per heavy atom. The monoisotopic (exact) mass is 301 g/mol. The van der Waals surface area contributed by atoms with Gasteiger partial charge in [0.1, 0.15) is 6.61 Å². The Hall–Kier alpha value is -1.79. The van der Waals surface area contributed by atoms with E-state index in [1.165, 1.54) is 0 Å². The lowest BCUT2D eigenvalue weighted by Crippen LogP contribution is -2.15. The van der Waals surface area contributed by atoms with Gasteiger partial charge >= 0.3 is 5.97 Å². The number of anilines is 1. The fraction of sp³-hybridized carbons (Fsp3) is 0.385. The van der Waals surface area contributed by atoms with E-state index in [0.717, 1.165) is 0 Å². The molecule has 1 amide bonds. The number of carbonyl (C=O) groups excluding carboxylic acids is 1. The van der Waals surface area contributed by atoms with E-state index < -0.39 is 11.9 Å². The Labute approximate surface area is 121 Å². The molecule has 1 aromatic carbocycles. The Morgan fingerprint density at radius 1 is 1.30 bits per heavy atom. The van der Waals surface area contributed by atoms with Crippen LogP contribution in [0.1, 0.15) is 12.8 Å². The number of rotatable bonds is 8. The standard InChI is InChI=1S/C13H16ClNO5/c1-19-7-8-20-13-9(14)3-2-4-10(13)15-11(16)5-6-12(17)18/h2-4H,5-8H2,1H3,(H,15,16)(H,17,18). The lowest BCUT2D eigenvalue weighted by atomic mass is 10.2. The van der Waals surface area contributed by atoms with Crippen LogP contribution in [-0.2, 0) is 14.3 Å². The number of aliphatic carboxylic acids is 1. The Kier molecular flexibility index (Phi) is 6.83. The topological polar surface area (TPSA) is 84.9 Å². The number of methoxy groups -OCH3 is 1. The van der Waals surface area contributed by atoms with Crippen molar-refractivity contribution in [2.24, 2.45) is 0 Å². The van der Waals surface area contributed by atoms with Gasteiger partial charge in [-0.05, 0) is 12.1 Å². The van der Waals surface area contributed by atoms with E-state index in [1.807, 2.05) is 0 Å². The van der Waals surface area contributed by atoms with Gasteiger partial charge in [-0.15, -0.1) is 0 Å². The maximum absolute atomic E-state index is 11.6. The molecule has 0 aliphatic rings. The molecule has 0 aliphatic heterocycles. The summed E-state index contributed by atoms with van der Waals surface area (Å²) < 4.78 is 10.3. The molecule has 0 fully saturated rings. The smallest absolute Gasteiger partial charge is 0.303 e. The molecule has 0 unspecified atom stereocenters. The van der Waals surface area contributed by atoms with E-state index in [-0.39, 0.29) is 19.4 Å².